The number of anilines is 2. The van der Waals surface area contributed by atoms with E-state index in [1.165, 1.54) is 5.56 Å². The first-order valence-corrected chi connectivity index (χ1v) is 10.1. The van der Waals surface area contributed by atoms with Gasteiger partial charge in [-0.2, -0.15) is 0 Å². The van der Waals surface area contributed by atoms with E-state index in [0.29, 0.717) is 12.1 Å². The number of benzene rings is 3. The van der Waals surface area contributed by atoms with Gasteiger partial charge in [0.25, 0.3) is 5.91 Å². The van der Waals surface area contributed by atoms with E-state index < -0.39 is 0 Å². The topological polar surface area (TPSA) is 64.7 Å². The zero-order valence-corrected chi connectivity index (χ0v) is 18.1. The van der Waals surface area contributed by atoms with Gasteiger partial charge >= 0.3 is 6.03 Å². The quantitative estimate of drug-likeness (QED) is 0.602. The lowest BCUT2D eigenvalue weighted by atomic mass is 10.1. The van der Waals surface area contributed by atoms with Crippen LogP contribution < -0.4 is 15.5 Å². The first kappa shape index (κ1) is 21.9. The van der Waals surface area contributed by atoms with Gasteiger partial charge in [-0.1, -0.05) is 54.6 Å². The van der Waals surface area contributed by atoms with Crippen molar-refractivity contribution in [2.24, 2.45) is 0 Å². The average molecular weight is 417 g/mol. The Bertz CT molecular complexity index is 1020. The van der Waals surface area contributed by atoms with E-state index in [2.05, 4.69) is 27.7 Å². The zero-order valence-electron chi connectivity index (χ0n) is 18.1. The fourth-order valence-electron chi connectivity index (χ4n) is 3.32. The summed E-state index contributed by atoms with van der Waals surface area (Å²) in [7, 11) is 5.36. The van der Waals surface area contributed by atoms with Gasteiger partial charge in [-0.05, 0) is 35.4 Å². The summed E-state index contributed by atoms with van der Waals surface area (Å²) in [5.74, 6) is -0.131. The Labute approximate surface area is 183 Å². The summed E-state index contributed by atoms with van der Waals surface area (Å²) >= 11 is 0. The van der Waals surface area contributed by atoms with Gasteiger partial charge in [0, 0.05) is 39.8 Å². The maximum absolute atomic E-state index is 12.8. The van der Waals surface area contributed by atoms with Crippen LogP contribution in [0.2, 0.25) is 0 Å². The van der Waals surface area contributed by atoms with Crippen LogP contribution in [-0.2, 0) is 13.1 Å². The average Bonchev–Trinajstić information content (AvgIpc) is 2.80. The normalized spacial score (nSPS) is 10.3. The third kappa shape index (κ3) is 5.85. The van der Waals surface area contributed by atoms with Gasteiger partial charge in [0.15, 0.2) is 0 Å². The minimum absolute atomic E-state index is 0.131. The van der Waals surface area contributed by atoms with Crippen LogP contribution in [0.1, 0.15) is 21.5 Å². The number of amides is 3. The fourth-order valence-corrected chi connectivity index (χ4v) is 3.32. The second kappa shape index (κ2) is 10.3. The van der Waals surface area contributed by atoms with Gasteiger partial charge in [-0.15, -0.1) is 0 Å². The predicted octanol–water partition coefficient (Wildman–Crippen LogP) is 4.35. The molecule has 3 aromatic rings. The molecule has 0 saturated heterocycles. The van der Waals surface area contributed by atoms with Crippen LogP contribution in [-0.4, -0.2) is 38.0 Å². The largest absolute Gasteiger partial charge is 0.369 e. The van der Waals surface area contributed by atoms with Crippen molar-refractivity contribution in [3.8, 4) is 0 Å². The Balaban J connectivity index is 1.65. The van der Waals surface area contributed by atoms with E-state index in [4.69, 9.17) is 0 Å². The van der Waals surface area contributed by atoms with Crippen LogP contribution in [0.4, 0.5) is 16.2 Å². The molecule has 2 N–H and O–H groups in total. The molecule has 3 rings (SSSR count). The molecule has 3 aromatic carbocycles. The molecular formula is C25H28N4O2. The summed E-state index contributed by atoms with van der Waals surface area (Å²) in [6, 6.07) is 25.0. The van der Waals surface area contributed by atoms with E-state index in [0.717, 1.165) is 23.5 Å². The Kier molecular flexibility index (Phi) is 7.27. The molecule has 0 radical (unpaired) electrons. The monoisotopic (exact) mass is 416 g/mol. The van der Waals surface area contributed by atoms with Gasteiger partial charge < -0.3 is 20.4 Å². The molecule has 0 aliphatic rings. The summed E-state index contributed by atoms with van der Waals surface area (Å²) in [6.45, 7) is 1.17. The van der Waals surface area contributed by atoms with Crippen LogP contribution in [0.5, 0.6) is 0 Å². The number of carbonyl (C=O) groups is 2. The summed E-state index contributed by atoms with van der Waals surface area (Å²) in [5.41, 5.74) is 4.44. The van der Waals surface area contributed by atoms with Crippen molar-refractivity contribution in [3.63, 3.8) is 0 Å². The van der Waals surface area contributed by atoms with Crippen LogP contribution in [0.25, 0.3) is 0 Å². The Morgan fingerprint density at radius 3 is 2.06 bits per heavy atom. The van der Waals surface area contributed by atoms with Crippen LogP contribution in [0.3, 0.4) is 0 Å². The van der Waals surface area contributed by atoms with Crippen molar-refractivity contribution in [1.29, 1.82) is 0 Å². The zero-order chi connectivity index (χ0) is 22.2. The van der Waals surface area contributed by atoms with Crippen molar-refractivity contribution in [1.82, 2.24) is 10.2 Å². The molecule has 160 valence electrons. The molecule has 0 aromatic heterocycles. The summed E-state index contributed by atoms with van der Waals surface area (Å²) in [4.78, 5) is 28.2. The van der Waals surface area contributed by atoms with Crippen molar-refractivity contribution < 1.29 is 9.59 Å². The molecule has 0 aliphatic carbocycles. The Hall–Kier alpha value is -3.80. The standard InChI is InChI=1S/C25H28N4O2/c1-26-24(30)21-15-13-20(14-16-21)18-29(3)25(31)27-22-11-7-8-12-23(22)28(2)17-19-9-5-4-6-10-19/h4-16H,17-18H2,1-3H3,(H,26,30)(H,27,31). The van der Waals surface area contributed by atoms with Gasteiger partial charge in [-0.3, -0.25) is 4.79 Å². The second-order valence-electron chi connectivity index (χ2n) is 7.42. The highest BCUT2D eigenvalue weighted by molar-refractivity contribution is 5.94. The number of carbonyl (C=O) groups excluding carboxylic acids is 2. The van der Waals surface area contributed by atoms with Crippen molar-refractivity contribution in [2.75, 3.05) is 31.4 Å². The summed E-state index contributed by atoms with van der Waals surface area (Å²) in [5, 5.41) is 5.62. The molecule has 0 saturated carbocycles. The number of hydrogen-bond acceptors (Lipinski definition) is 3. The highest BCUT2D eigenvalue weighted by Gasteiger charge is 2.14. The van der Waals surface area contributed by atoms with Crippen molar-refractivity contribution >= 4 is 23.3 Å². The lowest BCUT2D eigenvalue weighted by Gasteiger charge is -2.24. The molecule has 0 aliphatic heterocycles. The molecule has 31 heavy (non-hydrogen) atoms. The van der Waals surface area contributed by atoms with Gasteiger partial charge in [0.2, 0.25) is 0 Å². The van der Waals surface area contributed by atoms with Gasteiger partial charge in [0.1, 0.15) is 0 Å². The van der Waals surface area contributed by atoms with Crippen LogP contribution in [0.15, 0.2) is 78.9 Å². The van der Waals surface area contributed by atoms with Crippen LogP contribution in [0, 0.1) is 0 Å². The first-order chi connectivity index (χ1) is 15.0. The van der Waals surface area contributed by atoms with E-state index in [1.54, 1.807) is 31.1 Å². The fraction of sp³-hybridized carbons (Fsp3) is 0.200. The molecule has 0 spiro atoms. The Morgan fingerprint density at radius 1 is 0.774 bits per heavy atom. The highest BCUT2D eigenvalue weighted by Crippen LogP contribution is 2.26. The molecular weight excluding hydrogens is 388 g/mol. The van der Waals surface area contributed by atoms with E-state index in [-0.39, 0.29) is 11.9 Å². The number of nitrogens with one attached hydrogen (secondary N) is 2. The highest BCUT2D eigenvalue weighted by atomic mass is 16.2. The first-order valence-electron chi connectivity index (χ1n) is 10.1. The number of rotatable bonds is 7. The van der Waals surface area contributed by atoms with E-state index >= 15 is 0 Å². The molecule has 6 nitrogen and oxygen atoms in total. The molecule has 0 fully saturated rings. The number of hydrogen-bond donors (Lipinski definition) is 2. The predicted molar refractivity (Wildman–Crippen MR) is 125 cm³/mol. The van der Waals surface area contributed by atoms with Crippen molar-refractivity contribution in [2.45, 2.75) is 13.1 Å². The summed E-state index contributed by atoms with van der Waals surface area (Å²) < 4.78 is 0. The SMILES string of the molecule is CNC(=O)c1ccc(CN(C)C(=O)Nc2ccccc2N(C)Cc2ccccc2)cc1. The molecule has 3 amide bonds. The smallest absolute Gasteiger partial charge is 0.321 e. The minimum atomic E-state index is -0.198. The maximum Gasteiger partial charge on any atom is 0.321 e. The van der Waals surface area contributed by atoms with Gasteiger partial charge in [0.05, 0.1) is 11.4 Å². The maximum atomic E-state index is 12.8. The lowest BCUT2D eigenvalue weighted by Crippen LogP contribution is -2.31. The molecule has 0 heterocycles. The second-order valence-corrected chi connectivity index (χ2v) is 7.42. The summed E-state index contributed by atoms with van der Waals surface area (Å²) in [6.07, 6.45) is 0. The molecule has 0 bridgehead atoms. The van der Waals surface area contributed by atoms with Gasteiger partial charge in [-0.25, -0.2) is 4.79 Å². The third-order valence-corrected chi connectivity index (χ3v) is 5.03. The molecule has 0 unspecified atom stereocenters. The number of nitrogens with zero attached hydrogens (tertiary/aromatic N) is 2. The van der Waals surface area contributed by atoms with Crippen molar-refractivity contribution in [3.05, 3.63) is 95.6 Å². The Morgan fingerprint density at radius 2 is 1.39 bits per heavy atom. The lowest BCUT2D eigenvalue weighted by molar-refractivity contribution is 0.0963. The van der Waals surface area contributed by atoms with E-state index in [9.17, 15) is 9.59 Å². The number of para-hydroxylation sites is 2. The third-order valence-electron chi connectivity index (χ3n) is 5.03. The molecule has 6 heteroatoms. The minimum Gasteiger partial charge on any atom is -0.369 e. The number of urea groups is 1. The van der Waals surface area contributed by atoms with Crippen LogP contribution >= 0.6 is 0 Å². The molecule has 0 atom stereocenters. The van der Waals surface area contributed by atoms with E-state index in [1.807, 2.05) is 61.6 Å².